The van der Waals surface area contributed by atoms with E-state index in [0.717, 1.165) is 48.7 Å². The predicted molar refractivity (Wildman–Crippen MR) is 89.4 cm³/mol. The molecule has 2 N–H and O–H groups in total. The van der Waals surface area contributed by atoms with E-state index in [1.807, 2.05) is 38.2 Å². The zero-order valence-corrected chi connectivity index (χ0v) is 13.7. The van der Waals surface area contributed by atoms with Crippen LogP contribution in [0.3, 0.4) is 0 Å². The third-order valence-electron chi connectivity index (χ3n) is 4.38. The normalized spacial score (nSPS) is 18.0. The van der Waals surface area contributed by atoms with E-state index in [1.165, 1.54) is 0 Å². The molecule has 0 radical (unpaired) electrons. The van der Waals surface area contributed by atoms with Crippen LogP contribution < -0.4 is 10.2 Å². The Balaban J connectivity index is 1.58. The van der Waals surface area contributed by atoms with Gasteiger partial charge in [0.25, 0.3) is 0 Å². The fourth-order valence-corrected chi connectivity index (χ4v) is 3.12. The van der Waals surface area contributed by atoms with Gasteiger partial charge < -0.3 is 10.2 Å². The number of hydrogen-bond donors (Lipinski definition) is 2. The summed E-state index contributed by atoms with van der Waals surface area (Å²) in [5, 5.41) is 10.2. The fraction of sp³-hybridized carbons (Fsp3) is 0.471. The van der Waals surface area contributed by atoms with Crippen LogP contribution in [-0.4, -0.2) is 40.2 Å². The molecule has 1 atom stereocenters. The molecule has 1 aliphatic rings. The molecule has 1 fully saturated rings. The van der Waals surface area contributed by atoms with E-state index in [4.69, 9.17) is 0 Å². The number of piperidine rings is 1. The van der Waals surface area contributed by atoms with Gasteiger partial charge in [0.2, 0.25) is 5.91 Å². The summed E-state index contributed by atoms with van der Waals surface area (Å²) in [6, 6.07) is 6.10. The Morgan fingerprint density at radius 1 is 1.43 bits per heavy atom. The highest BCUT2D eigenvalue weighted by atomic mass is 16.1. The maximum atomic E-state index is 12.3. The van der Waals surface area contributed by atoms with Gasteiger partial charge in [0, 0.05) is 36.6 Å². The minimum absolute atomic E-state index is 0.0606. The number of aromatic amines is 1. The average molecular weight is 313 g/mol. The molecule has 2 aromatic rings. The first-order valence-corrected chi connectivity index (χ1v) is 8.09. The molecule has 0 aliphatic carbocycles. The lowest BCUT2D eigenvalue weighted by molar-refractivity contribution is -0.121. The minimum Gasteiger partial charge on any atom is -0.355 e. The van der Waals surface area contributed by atoms with Gasteiger partial charge in [0.1, 0.15) is 5.82 Å². The molecule has 6 nitrogen and oxygen atoms in total. The van der Waals surface area contributed by atoms with Crippen molar-refractivity contribution in [3.05, 3.63) is 41.3 Å². The third kappa shape index (κ3) is 3.70. The molecule has 3 rings (SSSR count). The molecule has 3 heterocycles. The second-order valence-corrected chi connectivity index (χ2v) is 6.13. The van der Waals surface area contributed by atoms with E-state index >= 15 is 0 Å². The second-order valence-electron chi connectivity index (χ2n) is 6.13. The van der Waals surface area contributed by atoms with Gasteiger partial charge in [-0.25, -0.2) is 4.98 Å². The van der Waals surface area contributed by atoms with Crippen LogP contribution >= 0.6 is 0 Å². The highest BCUT2D eigenvalue weighted by molar-refractivity contribution is 5.79. The van der Waals surface area contributed by atoms with E-state index in [2.05, 4.69) is 25.4 Å². The molecule has 0 bridgehead atoms. The molecule has 23 heavy (non-hydrogen) atoms. The average Bonchev–Trinajstić information content (AvgIpc) is 2.88. The fourth-order valence-electron chi connectivity index (χ4n) is 3.12. The molecule has 1 saturated heterocycles. The van der Waals surface area contributed by atoms with Crippen molar-refractivity contribution >= 4 is 11.7 Å². The van der Waals surface area contributed by atoms with Gasteiger partial charge in [-0.15, -0.1) is 0 Å². The third-order valence-corrected chi connectivity index (χ3v) is 4.38. The van der Waals surface area contributed by atoms with Crippen molar-refractivity contribution in [2.45, 2.75) is 39.2 Å². The Hall–Kier alpha value is -2.37. The molecule has 6 heteroatoms. The topological polar surface area (TPSA) is 73.9 Å². The number of pyridine rings is 1. The maximum absolute atomic E-state index is 12.3. The zero-order valence-electron chi connectivity index (χ0n) is 13.7. The molecule has 1 aliphatic heterocycles. The molecular weight excluding hydrogens is 290 g/mol. The summed E-state index contributed by atoms with van der Waals surface area (Å²) < 4.78 is 0. The lowest BCUT2D eigenvalue weighted by Gasteiger charge is -2.34. The Morgan fingerprint density at radius 3 is 3.00 bits per heavy atom. The number of hydrogen-bond acceptors (Lipinski definition) is 4. The summed E-state index contributed by atoms with van der Waals surface area (Å²) >= 11 is 0. The maximum Gasteiger partial charge on any atom is 0.224 e. The lowest BCUT2D eigenvalue weighted by Crippen LogP contribution is -2.48. The molecule has 122 valence electrons. The molecular formula is C17H23N5O. The largest absolute Gasteiger partial charge is 0.355 e. The summed E-state index contributed by atoms with van der Waals surface area (Å²) in [5.41, 5.74) is 2.87. The first-order chi connectivity index (χ1) is 11.1. The summed E-state index contributed by atoms with van der Waals surface area (Å²) in [4.78, 5) is 19.0. The summed E-state index contributed by atoms with van der Waals surface area (Å²) in [6.07, 6.45) is 4.26. The first-order valence-electron chi connectivity index (χ1n) is 8.09. The smallest absolute Gasteiger partial charge is 0.224 e. The summed E-state index contributed by atoms with van der Waals surface area (Å²) in [5.74, 6) is 1.04. The zero-order chi connectivity index (χ0) is 16.2. The van der Waals surface area contributed by atoms with Crippen LogP contribution in [0, 0.1) is 13.8 Å². The van der Waals surface area contributed by atoms with E-state index < -0.39 is 0 Å². The van der Waals surface area contributed by atoms with Crippen LogP contribution in [-0.2, 0) is 11.2 Å². The number of nitrogens with zero attached hydrogens (tertiary/aromatic N) is 3. The Morgan fingerprint density at radius 2 is 2.30 bits per heavy atom. The van der Waals surface area contributed by atoms with Crippen LogP contribution in [0.25, 0.3) is 0 Å². The Labute approximate surface area is 136 Å². The number of aryl methyl sites for hydroxylation is 2. The van der Waals surface area contributed by atoms with E-state index in [-0.39, 0.29) is 11.9 Å². The number of carbonyl (C=O) groups is 1. The number of carbonyl (C=O) groups excluding carboxylic acids is 1. The van der Waals surface area contributed by atoms with Crippen molar-refractivity contribution in [3.8, 4) is 0 Å². The predicted octanol–water partition coefficient (Wildman–Crippen LogP) is 1.75. The number of nitrogens with one attached hydrogen (secondary N) is 2. The van der Waals surface area contributed by atoms with Gasteiger partial charge in [-0.05, 0) is 38.8 Å². The number of anilines is 1. The summed E-state index contributed by atoms with van der Waals surface area (Å²) in [6.45, 7) is 5.68. The molecule has 0 saturated carbocycles. The van der Waals surface area contributed by atoms with Crippen LogP contribution in [0.1, 0.15) is 29.8 Å². The van der Waals surface area contributed by atoms with E-state index in [9.17, 15) is 4.79 Å². The number of H-pyrrole nitrogens is 1. The lowest BCUT2D eigenvalue weighted by atomic mass is 10.0. The second kappa shape index (κ2) is 6.81. The minimum atomic E-state index is 0.0606. The van der Waals surface area contributed by atoms with E-state index in [1.54, 1.807) is 0 Å². The van der Waals surface area contributed by atoms with Crippen LogP contribution in [0.15, 0.2) is 24.4 Å². The van der Waals surface area contributed by atoms with Gasteiger partial charge in [-0.3, -0.25) is 9.89 Å². The van der Waals surface area contributed by atoms with Crippen LogP contribution in [0.4, 0.5) is 5.82 Å². The van der Waals surface area contributed by atoms with Gasteiger partial charge in [-0.1, -0.05) is 6.07 Å². The van der Waals surface area contributed by atoms with Gasteiger partial charge in [-0.2, -0.15) is 5.10 Å². The first kappa shape index (κ1) is 15.5. The monoisotopic (exact) mass is 313 g/mol. The molecule has 1 amide bonds. The van der Waals surface area contributed by atoms with Crippen molar-refractivity contribution in [1.82, 2.24) is 20.5 Å². The molecule has 0 spiro atoms. The Bertz CT molecular complexity index is 647. The van der Waals surface area contributed by atoms with Crippen molar-refractivity contribution in [1.29, 1.82) is 0 Å². The van der Waals surface area contributed by atoms with Crippen molar-refractivity contribution in [2.24, 2.45) is 0 Å². The number of aromatic nitrogens is 3. The van der Waals surface area contributed by atoms with Crippen LogP contribution in [0.2, 0.25) is 0 Å². The van der Waals surface area contributed by atoms with Crippen molar-refractivity contribution in [2.75, 3.05) is 18.0 Å². The standard InChI is InChI=1S/C17H23N5O/c1-12-15(13(2)21-20-12)10-17(23)19-14-6-5-9-22(11-14)16-7-3-4-8-18-16/h3-4,7-8,14H,5-6,9-11H2,1-2H3,(H,19,23)(H,20,21). The molecule has 1 unspecified atom stereocenters. The van der Waals surface area contributed by atoms with E-state index in [0.29, 0.717) is 6.42 Å². The van der Waals surface area contributed by atoms with Gasteiger partial charge in [0.15, 0.2) is 0 Å². The highest BCUT2D eigenvalue weighted by Gasteiger charge is 2.22. The SMILES string of the molecule is Cc1n[nH]c(C)c1CC(=O)NC1CCCN(c2ccccn2)C1. The quantitative estimate of drug-likeness (QED) is 0.902. The van der Waals surface area contributed by atoms with Crippen LogP contribution in [0.5, 0.6) is 0 Å². The summed E-state index contributed by atoms with van der Waals surface area (Å²) in [7, 11) is 0. The van der Waals surface area contributed by atoms with Crippen molar-refractivity contribution < 1.29 is 4.79 Å². The molecule has 2 aromatic heterocycles. The number of amides is 1. The molecule has 0 aromatic carbocycles. The Kier molecular flexibility index (Phi) is 4.60. The van der Waals surface area contributed by atoms with Gasteiger partial charge >= 0.3 is 0 Å². The van der Waals surface area contributed by atoms with Gasteiger partial charge in [0.05, 0.1) is 12.1 Å². The highest BCUT2D eigenvalue weighted by Crippen LogP contribution is 2.17. The van der Waals surface area contributed by atoms with Crippen molar-refractivity contribution in [3.63, 3.8) is 0 Å². The number of rotatable bonds is 4.